The molecule has 0 atom stereocenters. The van der Waals surface area contributed by atoms with E-state index in [1.807, 2.05) is 13.0 Å². The molecule has 2 aliphatic rings. The minimum absolute atomic E-state index is 0.510. The topological polar surface area (TPSA) is 67.1 Å². The molecule has 5 heteroatoms. The van der Waals surface area contributed by atoms with Crippen molar-refractivity contribution in [3.63, 3.8) is 0 Å². The highest BCUT2D eigenvalue weighted by molar-refractivity contribution is 5.44. The lowest BCUT2D eigenvalue weighted by Gasteiger charge is -2.40. The number of anilines is 2. The summed E-state index contributed by atoms with van der Waals surface area (Å²) in [6, 6.07) is 2.05. The first-order chi connectivity index (χ1) is 9.21. The number of nitrogens with one attached hydrogen (secondary N) is 1. The Morgan fingerprint density at radius 1 is 1.16 bits per heavy atom. The van der Waals surface area contributed by atoms with E-state index in [0.717, 1.165) is 24.6 Å². The summed E-state index contributed by atoms with van der Waals surface area (Å²) in [6.07, 6.45) is 8.32. The van der Waals surface area contributed by atoms with E-state index in [-0.39, 0.29) is 0 Å². The minimum atomic E-state index is 0.510. The van der Waals surface area contributed by atoms with Gasteiger partial charge in [-0.1, -0.05) is 12.8 Å². The van der Waals surface area contributed by atoms with Gasteiger partial charge in [-0.05, 0) is 38.0 Å². The third-order valence-corrected chi connectivity index (χ3v) is 4.78. The fraction of sp³-hybridized carbons (Fsp3) is 0.714. The maximum Gasteiger partial charge on any atom is 0.239 e. The number of hydrazine groups is 1. The lowest BCUT2D eigenvalue weighted by Crippen LogP contribution is -2.39. The first-order valence-electron chi connectivity index (χ1n) is 7.28. The predicted molar refractivity (Wildman–Crippen MR) is 76.9 cm³/mol. The van der Waals surface area contributed by atoms with Crippen LogP contribution in [0.5, 0.6) is 0 Å². The molecule has 19 heavy (non-hydrogen) atoms. The van der Waals surface area contributed by atoms with Crippen molar-refractivity contribution in [3.8, 4) is 0 Å². The van der Waals surface area contributed by atoms with E-state index in [0.29, 0.717) is 11.4 Å². The molecule has 0 aromatic carbocycles. The third-order valence-electron chi connectivity index (χ3n) is 4.78. The van der Waals surface area contributed by atoms with Gasteiger partial charge < -0.3 is 4.90 Å². The van der Waals surface area contributed by atoms with Crippen molar-refractivity contribution in [1.29, 1.82) is 0 Å². The first-order valence-corrected chi connectivity index (χ1v) is 7.28. The number of rotatable bonds is 2. The molecule has 0 unspecified atom stereocenters. The lowest BCUT2D eigenvalue weighted by atomic mass is 9.77. The molecule has 3 rings (SSSR count). The molecular formula is C14H23N5. The van der Waals surface area contributed by atoms with Crippen LogP contribution in [0.3, 0.4) is 0 Å². The summed E-state index contributed by atoms with van der Waals surface area (Å²) >= 11 is 0. The van der Waals surface area contributed by atoms with Crippen LogP contribution in [0.2, 0.25) is 0 Å². The zero-order valence-corrected chi connectivity index (χ0v) is 11.7. The molecule has 3 N–H and O–H groups in total. The second-order valence-electron chi connectivity index (χ2n) is 6.03. The number of aryl methyl sites for hydroxylation is 1. The highest BCUT2D eigenvalue weighted by Crippen LogP contribution is 2.46. The molecule has 5 nitrogen and oxygen atoms in total. The Morgan fingerprint density at radius 3 is 2.47 bits per heavy atom. The van der Waals surface area contributed by atoms with E-state index in [2.05, 4.69) is 20.3 Å². The first kappa shape index (κ1) is 12.7. The minimum Gasteiger partial charge on any atom is -0.356 e. The second kappa shape index (κ2) is 4.96. The predicted octanol–water partition coefficient (Wildman–Crippen LogP) is 2.23. The highest BCUT2D eigenvalue weighted by Gasteiger charge is 2.37. The molecule has 104 valence electrons. The molecule has 0 bridgehead atoms. The van der Waals surface area contributed by atoms with Crippen molar-refractivity contribution in [1.82, 2.24) is 9.97 Å². The maximum absolute atomic E-state index is 5.42. The summed E-state index contributed by atoms with van der Waals surface area (Å²) < 4.78 is 0. The molecule has 1 spiro atoms. The van der Waals surface area contributed by atoms with Crippen molar-refractivity contribution in [3.05, 3.63) is 11.8 Å². The summed E-state index contributed by atoms with van der Waals surface area (Å²) in [7, 11) is 0. The van der Waals surface area contributed by atoms with E-state index in [1.165, 1.54) is 38.5 Å². The fourth-order valence-electron chi connectivity index (χ4n) is 3.61. The Hall–Kier alpha value is -1.36. The van der Waals surface area contributed by atoms with Crippen molar-refractivity contribution in [2.24, 2.45) is 11.3 Å². The summed E-state index contributed by atoms with van der Waals surface area (Å²) in [6.45, 7) is 4.20. The van der Waals surface area contributed by atoms with Crippen LogP contribution in [0.4, 0.5) is 11.8 Å². The van der Waals surface area contributed by atoms with Gasteiger partial charge in [-0.25, -0.2) is 10.8 Å². The molecule has 1 aromatic rings. The molecule has 1 aromatic heterocycles. The van der Waals surface area contributed by atoms with Gasteiger partial charge in [-0.3, -0.25) is 5.43 Å². The molecular weight excluding hydrogens is 238 g/mol. The van der Waals surface area contributed by atoms with Crippen molar-refractivity contribution >= 4 is 11.8 Å². The number of nitrogens with zero attached hydrogens (tertiary/aromatic N) is 3. The van der Waals surface area contributed by atoms with Crippen LogP contribution >= 0.6 is 0 Å². The number of nitrogen functional groups attached to an aromatic ring is 1. The van der Waals surface area contributed by atoms with E-state index in [4.69, 9.17) is 5.84 Å². The van der Waals surface area contributed by atoms with Gasteiger partial charge in [0.1, 0.15) is 5.82 Å². The number of hydrogen-bond donors (Lipinski definition) is 2. The lowest BCUT2D eigenvalue weighted by molar-refractivity contribution is 0.226. The number of hydrogen-bond acceptors (Lipinski definition) is 5. The van der Waals surface area contributed by atoms with Gasteiger partial charge in [0.15, 0.2) is 0 Å². The quantitative estimate of drug-likeness (QED) is 0.631. The second-order valence-corrected chi connectivity index (χ2v) is 6.03. The van der Waals surface area contributed by atoms with E-state index < -0.39 is 0 Å². The summed E-state index contributed by atoms with van der Waals surface area (Å²) in [5.74, 6) is 6.94. The van der Waals surface area contributed by atoms with Crippen LogP contribution in [0.15, 0.2) is 6.07 Å². The average molecular weight is 261 g/mol. The van der Waals surface area contributed by atoms with Crippen LogP contribution in [-0.4, -0.2) is 23.1 Å². The average Bonchev–Trinajstić information content (AvgIpc) is 2.87. The van der Waals surface area contributed by atoms with Crippen molar-refractivity contribution in [2.75, 3.05) is 23.4 Å². The van der Waals surface area contributed by atoms with E-state index >= 15 is 0 Å². The summed E-state index contributed by atoms with van der Waals surface area (Å²) in [5.41, 5.74) is 4.15. The van der Waals surface area contributed by atoms with Crippen LogP contribution < -0.4 is 16.2 Å². The smallest absolute Gasteiger partial charge is 0.239 e. The molecule has 0 amide bonds. The fourth-order valence-corrected chi connectivity index (χ4v) is 3.61. The Labute approximate surface area is 114 Å². The van der Waals surface area contributed by atoms with Gasteiger partial charge >= 0.3 is 0 Å². The molecule has 1 saturated carbocycles. The molecule has 0 radical (unpaired) electrons. The van der Waals surface area contributed by atoms with Gasteiger partial charge in [0.25, 0.3) is 0 Å². The van der Waals surface area contributed by atoms with Gasteiger partial charge in [0, 0.05) is 24.8 Å². The number of nitrogens with two attached hydrogens (primary N) is 1. The maximum atomic E-state index is 5.42. The number of aromatic nitrogens is 2. The van der Waals surface area contributed by atoms with Crippen molar-refractivity contribution < 1.29 is 0 Å². The Kier molecular flexibility index (Phi) is 3.31. The molecule has 1 saturated heterocycles. The van der Waals surface area contributed by atoms with Crippen molar-refractivity contribution in [2.45, 2.75) is 45.4 Å². The SMILES string of the molecule is Cc1cc(N2CCC3(CCCC3)CC2)nc(NN)n1. The molecule has 1 aliphatic carbocycles. The molecule has 2 fully saturated rings. The van der Waals surface area contributed by atoms with Crippen LogP contribution in [0, 0.1) is 12.3 Å². The Bertz CT molecular complexity index is 443. The van der Waals surface area contributed by atoms with Crippen LogP contribution in [0.1, 0.15) is 44.2 Å². The standard InChI is InChI=1S/C14H23N5/c1-11-10-12(17-13(16-11)18-15)19-8-6-14(7-9-19)4-2-3-5-14/h10H,2-9,15H2,1H3,(H,16,17,18). The highest BCUT2D eigenvalue weighted by atomic mass is 15.3. The van der Waals surface area contributed by atoms with Gasteiger partial charge in [0.05, 0.1) is 0 Å². The van der Waals surface area contributed by atoms with Gasteiger partial charge in [-0.2, -0.15) is 4.98 Å². The Morgan fingerprint density at radius 2 is 1.84 bits per heavy atom. The summed E-state index contributed by atoms with van der Waals surface area (Å²) in [4.78, 5) is 11.1. The third kappa shape index (κ3) is 2.52. The normalized spacial score (nSPS) is 21.9. The molecule has 2 heterocycles. The molecule has 1 aliphatic heterocycles. The zero-order valence-electron chi connectivity index (χ0n) is 11.7. The van der Waals surface area contributed by atoms with Gasteiger partial charge in [-0.15, -0.1) is 0 Å². The zero-order chi connectivity index (χ0) is 13.3. The monoisotopic (exact) mass is 261 g/mol. The van der Waals surface area contributed by atoms with Gasteiger partial charge in [0.2, 0.25) is 5.95 Å². The van der Waals surface area contributed by atoms with E-state index in [9.17, 15) is 0 Å². The Balaban J connectivity index is 1.72. The van der Waals surface area contributed by atoms with Crippen LogP contribution in [-0.2, 0) is 0 Å². The largest absolute Gasteiger partial charge is 0.356 e. The van der Waals surface area contributed by atoms with E-state index in [1.54, 1.807) is 0 Å². The van der Waals surface area contributed by atoms with Crippen LogP contribution in [0.25, 0.3) is 0 Å². The summed E-state index contributed by atoms with van der Waals surface area (Å²) in [5, 5.41) is 0. The number of piperidine rings is 1.